The summed E-state index contributed by atoms with van der Waals surface area (Å²) in [5.41, 5.74) is -0.389. The number of carbonyl (C=O) groups excluding carboxylic acids is 1. The van der Waals surface area contributed by atoms with Crippen molar-refractivity contribution in [3.05, 3.63) is 22.4 Å². The van der Waals surface area contributed by atoms with Gasteiger partial charge in [-0.1, -0.05) is 6.07 Å². The first-order valence-corrected chi connectivity index (χ1v) is 7.33. The lowest BCUT2D eigenvalue weighted by Gasteiger charge is -2.30. The Morgan fingerprint density at radius 1 is 1.50 bits per heavy atom. The lowest BCUT2D eigenvalue weighted by Crippen LogP contribution is -2.37. The van der Waals surface area contributed by atoms with Gasteiger partial charge in [0.2, 0.25) is 0 Å². The van der Waals surface area contributed by atoms with E-state index in [9.17, 15) is 4.79 Å². The quantitative estimate of drug-likeness (QED) is 0.837. The van der Waals surface area contributed by atoms with Gasteiger partial charge in [0.15, 0.2) is 0 Å². The molecule has 0 spiro atoms. The van der Waals surface area contributed by atoms with Gasteiger partial charge in [-0.3, -0.25) is 4.79 Å². The Balaban J connectivity index is 1.96. The minimum atomic E-state index is -0.389. The Kier molecular flexibility index (Phi) is 4.07. The second-order valence-electron chi connectivity index (χ2n) is 5.78. The third-order valence-electron chi connectivity index (χ3n) is 3.03. The molecule has 1 aromatic rings. The smallest absolute Gasteiger partial charge is 0.309 e. The van der Waals surface area contributed by atoms with Gasteiger partial charge in [-0.2, -0.15) is 0 Å². The number of carbonyl (C=O) groups is 1. The van der Waals surface area contributed by atoms with E-state index in [1.54, 1.807) is 11.3 Å². The van der Waals surface area contributed by atoms with Crippen LogP contribution < -0.4 is 5.32 Å². The van der Waals surface area contributed by atoms with Gasteiger partial charge in [-0.05, 0) is 51.6 Å². The van der Waals surface area contributed by atoms with E-state index in [1.165, 1.54) is 4.88 Å². The zero-order valence-electron chi connectivity index (χ0n) is 11.2. The number of hydrogen-bond acceptors (Lipinski definition) is 4. The molecule has 3 nitrogen and oxygen atoms in total. The first kappa shape index (κ1) is 13.6. The van der Waals surface area contributed by atoms with Crippen LogP contribution in [0.4, 0.5) is 0 Å². The van der Waals surface area contributed by atoms with Crippen LogP contribution in [0.3, 0.4) is 0 Å². The predicted molar refractivity (Wildman–Crippen MR) is 73.6 cm³/mol. The second kappa shape index (κ2) is 5.41. The van der Waals surface area contributed by atoms with E-state index in [-0.39, 0.29) is 17.5 Å². The molecule has 1 aliphatic rings. The summed E-state index contributed by atoms with van der Waals surface area (Å²) in [4.78, 5) is 13.4. The average molecular weight is 267 g/mol. The lowest BCUT2D eigenvalue weighted by atomic mass is 9.91. The summed E-state index contributed by atoms with van der Waals surface area (Å²) >= 11 is 1.74. The second-order valence-corrected chi connectivity index (χ2v) is 6.76. The number of hydrogen-bond donors (Lipinski definition) is 1. The summed E-state index contributed by atoms with van der Waals surface area (Å²) in [6, 6.07) is 4.48. The Morgan fingerprint density at radius 2 is 2.28 bits per heavy atom. The maximum atomic E-state index is 12.1. The predicted octanol–water partition coefficient (Wildman–Crippen LogP) is 3.13. The molecule has 2 unspecified atom stereocenters. The minimum absolute atomic E-state index is 0.0255. The van der Waals surface area contributed by atoms with Gasteiger partial charge in [0.1, 0.15) is 5.60 Å². The Hall–Kier alpha value is -0.870. The van der Waals surface area contributed by atoms with Crippen LogP contribution in [0.15, 0.2) is 17.5 Å². The molecule has 1 saturated heterocycles. The van der Waals surface area contributed by atoms with Gasteiger partial charge in [-0.15, -0.1) is 11.3 Å². The van der Waals surface area contributed by atoms with Crippen molar-refractivity contribution in [2.24, 2.45) is 5.92 Å². The first-order valence-electron chi connectivity index (χ1n) is 6.45. The highest BCUT2D eigenvalue weighted by Gasteiger charge is 2.31. The Bertz CT molecular complexity index is 394. The van der Waals surface area contributed by atoms with E-state index >= 15 is 0 Å². The van der Waals surface area contributed by atoms with Crippen LogP contribution in [-0.2, 0) is 9.53 Å². The van der Waals surface area contributed by atoms with Gasteiger partial charge in [-0.25, -0.2) is 0 Å². The molecule has 1 aliphatic heterocycles. The fourth-order valence-electron chi connectivity index (χ4n) is 2.22. The molecule has 0 amide bonds. The average Bonchev–Trinajstić information content (AvgIpc) is 2.80. The van der Waals surface area contributed by atoms with Crippen LogP contribution in [0.2, 0.25) is 0 Å². The van der Waals surface area contributed by atoms with Crippen LogP contribution in [0, 0.1) is 5.92 Å². The molecular formula is C14H21NO2S. The zero-order valence-corrected chi connectivity index (χ0v) is 12.0. The standard InChI is InChI=1S/C14H21NO2S/c1-14(2,3)17-13(16)10-6-7-15-11(9-10)12-5-4-8-18-12/h4-5,8,10-11,15H,6-7,9H2,1-3H3. The molecule has 4 heteroatoms. The summed E-state index contributed by atoms with van der Waals surface area (Å²) in [6.07, 6.45) is 1.71. The van der Waals surface area contributed by atoms with Gasteiger partial charge < -0.3 is 10.1 Å². The van der Waals surface area contributed by atoms with Crippen LogP contribution in [0.1, 0.15) is 44.5 Å². The highest BCUT2D eigenvalue weighted by atomic mass is 32.1. The van der Waals surface area contributed by atoms with Crippen molar-refractivity contribution in [3.8, 4) is 0 Å². The fourth-order valence-corrected chi connectivity index (χ4v) is 3.04. The third kappa shape index (κ3) is 3.56. The molecule has 0 saturated carbocycles. The summed E-state index contributed by atoms with van der Waals surface area (Å²) in [7, 11) is 0. The van der Waals surface area contributed by atoms with Crippen molar-refractivity contribution < 1.29 is 9.53 Å². The van der Waals surface area contributed by atoms with Gasteiger partial charge >= 0.3 is 5.97 Å². The van der Waals surface area contributed by atoms with E-state index in [0.717, 1.165) is 19.4 Å². The van der Waals surface area contributed by atoms with E-state index in [2.05, 4.69) is 22.8 Å². The van der Waals surface area contributed by atoms with Crippen molar-refractivity contribution in [2.75, 3.05) is 6.54 Å². The molecule has 18 heavy (non-hydrogen) atoms. The number of thiophene rings is 1. The van der Waals surface area contributed by atoms with Crippen molar-refractivity contribution in [2.45, 2.75) is 45.3 Å². The SMILES string of the molecule is CC(C)(C)OC(=O)C1CCNC(c2cccs2)C1. The Labute approximate surface area is 113 Å². The van der Waals surface area contributed by atoms with E-state index < -0.39 is 0 Å². The zero-order chi connectivity index (χ0) is 13.2. The highest BCUT2D eigenvalue weighted by Crippen LogP contribution is 2.31. The molecule has 2 atom stereocenters. The van der Waals surface area contributed by atoms with Crippen molar-refractivity contribution in [1.29, 1.82) is 0 Å². The Morgan fingerprint density at radius 3 is 2.89 bits per heavy atom. The molecule has 1 N–H and O–H groups in total. The third-order valence-corrected chi connectivity index (χ3v) is 4.02. The summed E-state index contributed by atoms with van der Waals surface area (Å²) in [6.45, 7) is 6.64. The van der Waals surface area contributed by atoms with Crippen molar-refractivity contribution >= 4 is 17.3 Å². The van der Waals surface area contributed by atoms with Crippen LogP contribution in [-0.4, -0.2) is 18.1 Å². The monoisotopic (exact) mass is 267 g/mol. The molecular weight excluding hydrogens is 246 g/mol. The molecule has 0 aromatic carbocycles. The maximum Gasteiger partial charge on any atom is 0.309 e. The highest BCUT2D eigenvalue weighted by molar-refractivity contribution is 7.10. The molecule has 2 rings (SSSR count). The number of nitrogens with one attached hydrogen (secondary N) is 1. The van der Waals surface area contributed by atoms with Gasteiger partial charge in [0.25, 0.3) is 0 Å². The van der Waals surface area contributed by atoms with Crippen LogP contribution in [0.25, 0.3) is 0 Å². The lowest BCUT2D eigenvalue weighted by molar-refractivity contribution is -0.161. The van der Waals surface area contributed by atoms with Crippen LogP contribution >= 0.6 is 11.3 Å². The molecule has 0 aliphatic carbocycles. The molecule has 0 bridgehead atoms. The van der Waals surface area contributed by atoms with Gasteiger partial charge in [0, 0.05) is 10.9 Å². The van der Waals surface area contributed by atoms with Crippen molar-refractivity contribution in [3.63, 3.8) is 0 Å². The summed E-state index contributed by atoms with van der Waals surface area (Å²) < 4.78 is 5.48. The first-order chi connectivity index (χ1) is 8.46. The number of rotatable bonds is 2. The number of ether oxygens (including phenoxy) is 1. The van der Waals surface area contributed by atoms with E-state index in [0.29, 0.717) is 6.04 Å². The van der Waals surface area contributed by atoms with Gasteiger partial charge in [0.05, 0.1) is 5.92 Å². The molecule has 0 radical (unpaired) electrons. The largest absolute Gasteiger partial charge is 0.460 e. The van der Waals surface area contributed by atoms with Crippen LogP contribution in [0.5, 0.6) is 0 Å². The van der Waals surface area contributed by atoms with E-state index in [4.69, 9.17) is 4.74 Å². The van der Waals surface area contributed by atoms with E-state index in [1.807, 2.05) is 20.8 Å². The molecule has 1 aromatic heterocycles. The molecule has 2 heterocycles. The maximum absolute atomic E-state index is 12.1. The molecule has 1 fully saturated rings. The summed E-state index contributed by atoms with van der Waals surface area (Å²) in [5, 5.41) is 5.55. The van der Waals surface area contributed by atoms with Crippen molar-refractivity contribution in [1.82, 2.24) is 5.32 Å². The fraction of sp³-hybridized carbons (Fsp3) is 0.643. The minimum Gasteiger partial charge on any atom is -0.460 e. The normalized spacial score (nSPS) is 24.8. The molecule has 100 valence electrons. The number of piperidine rings is 1. The number of esters is 1. The summed E-state index contributed by atoms with van der Waals surface area (Å²) in [5.74, 6) is -0.0249. The topological polar surface area (TPSA) is 38.3 Å².